The van der Waals surface area contributed by atoms with Crippen molar-refractivity contribution in [3.8, 4) is 5.75 Å². The summed E-state index contributed by atoms with van der Waals surface area (Å²) in [6.45, 7) is 1.37. The van der Waals surface area contributed by atoms with Crippen LogP contribution < -0.4 is 9.46 Å². The fourth-order valence-corrected chi connectivity index (χ4v) is 5.33. The molecule has 228 valence electrons. The highest BCUT2D eigenvalue weighted by molar-refractivity contribution is 8.01. The van der Waals surface area contributed by atoms with Crippen molar-refractivity contribution in [2.45, 2.75) is 30.6 Å². The molecule has 0 aromatic heterocycles. The molecule has 0 spiro atoms. The molecule has 0 saturated heterocycles. The van der Waals surface area contributed by atoms with Gasteiger partial charge in [-0.2, -0.15) is 26.3 Å². The van der Waals surface area contributed by atoms with Crippen molar-refractivity contribution < 1.29 is 31.1 Å². The van der Waals surface area contributed by atoms with Gasteiger partial charge in [-0.3, -0.25) is 4.90 Å². The largest absolute Gasteiger partial charge is 0.493 e. The minimum atomic E-state index is -4.58. The van der Waals surface area contributed by atoms with E-state index in [0.29, 0.717) is 30.8 Å². The summed E-state index contributed by atoms with van der Waals surface area (Å²) in [5.41, 5.74) is -2.58. The predicted molar refractivity (Wildman–Crippen MR) is 160 cm³/mol. The van der Waals surface area contributed by atoms with E-state index in [4.69, 9.17) is 16.3 Å². The Balaban J connectivity index is 1.51. The van der Waals surface area contributed by atoms with E-state index < -0.39 is 17.2 Å². The lowest BCUT2D eigenvalue weighted by Crippen LogP contribution is -2.31. The molecule has 0 atom stereocenters. The number of halogens is 7. The van der Waals surface area contributed by atoms with Crippen molar-refractivity contribution in [1.29, 1.82) is 0 Å². The van der Waals surface area contributed by atoms with Crippen molar-refractivity contribution in [3.05, 3.63) is 130 Å². The zero-order valence-electron chi connectivity index (χ0n) is 22.8. The summed E-state index contributed by atoms with van der Waals surface area (Å²) in [6, 6.07) is 29.9. The van der Waals surface area contributed by atoms with Crippen LogP contribution in [-0.4, -0.2) is 30.1 Å². The molecular weight excluding hydrogens is 610 g/mol. The monoisotopic (exact) mass is 638 g/mol. The molecule has 4 rings (SSSR count). The van der Waals surface area contributed by atoms with Crippen LogP contribution in [0.5, 0.6) is 5.75 Å². The minimum absolute atomic E-state index is 0.0678. The van der Waals surface area contributed by atoms with Gasteiger partial charge in [0.15, 0.2) is 0 Å². The number of benzene rings is 4. The van der Waals surface area contributed by atoms with Crippen LogP contribution in [0.25, 0.3) is 0 Å². The summed E-state index contributed by atoms with van der Waals surface area (Å²) < 4.78 is 86.4. The Morgan fingerprint density at radius 1 is 0.791 bits per heavy atom. The Bertz CT molecular complexity index is 1400. The maximum atomic E-state index is 13.6. The van der Waals surface area contributed by atoms with Crippen LogP contribution in [0.15, 0.2) is 103 Å². The fraction of sp³-hybridized carbons (Fsp3) is 0.250. The number of anilines is 1. The first kappa shape index (κ1) is 32.6. The van der Waals surface area contributed by atoms with Crippen molar-refractivity contribution in [2.75, 3.05) is 24.4 Å². The standard InChI is InChI=1S/C32H29ClF6N2OS/c33-30-25(14-7-17-29(30)31(34,35)36)21-41(22-28(23-10-3-1-4-11-23)24-12-5-2-6-13-24)18-9-19-42-27-16-8-15-26(20-27)40-43-32(37,38)39/h1-8,10-17,20,28,40H,9,18-19,21-22H2. The summed E-state index contributed by atoms with van der Waals surface area (Å²) in [6.07, 6.45) is -4.08. The second-order valence-corrected chi connectivity index (χ2v) is 11.0. The maximum absolute atomic E-state index is 13.6. The van der Waals surface area contributed by atoms with E-state index >= 15 is 0 Å². The second-order valence-electron chi connectivity index (χ2n) is 9.77. The van der Waals surface area contributed by atoms with Gasteiger partial charge in [-0.25, -0.2) is 0 Å². The van der Waals surface area contributed by atoms with Crippen LogP contribution in [-0.2, 0) is 12.7 Å². The first-order valence-corrected chi connectivity index (χ1v) is 14.6. The highest BCUT2D eigenvalue weighted by atomic mass is 35.5. The third-order valence-corrected chi connectivity index (χ3v) is 7.64. The summed E-state index contributed by atoms with van der Waals surface area (Å²) in [5, 5.41) is -0.326. The Morgan fingerprint density at radius 2 is 1.42 bits per heavy atom. The molecular formula is C32H29ClF6N2OS. The third-order valence-electron chi connectivity index (χ3n) is 6.63. The van der Waals surface area contributed by atoms with Crippen molar-refractivity contribution in [1.82, 2.24) is 4.90 Å². The lowest BCUT2D eigenvalue weighted by atomic mass is 9.90. The molecule has 0 heterocycles. The molecule has 0 fully saturated rings. The Morgan fingerprint density at radius 3 is 2.02 bits per heavy atom. The van der Waals surface area contributed by atoms with Gasteiger partial charge in [0.05, 0.1) is 29.1 Å². The number of nitrogens with zero attached hydrogens (tertiary/aromatic N) is 1. The van der Waals surface area contributed by atoms with E-state index in [9.17, 15) is 26.3 Å². The van der Waals surface area contributed by atoms with Crippen LogP contribution in [0.2, 0.25) is 5.02 Å². The molecule has 0 bridgehead atoms. The molecule has 11 heteroatoms. The predicted octanol–water partition coefficient (Wildman–Crippen LogP) is 10.0. The number of hydrogen-bond donors (Lipinski definition) is 1. The average Bonchev–Trinajstić information content (AvgIpc) is 2.98. The zero-order valence-corrected chi connectivity index (χ0v) is 24.4. The normalized spacial score (nSPS) is 12.1. The molecule has 4 aromatic carbocycles. The lowest BCUT2D eigenvalue weighted by molar-refractivity contribution is -0.137. The summed E-state index contributed by atoms with van der Waals surface area (Å²) >= 11 is 5.91. The lowest BCUT2D eigenvalue weighted by Gasteiger charge is -2.29. The highest BCUT2D eigenvalue weighted by Crippen LogP contribution is 2.37. The van der Waals surface area contributed by atoms with Crippen LogP contribution >= 0.6 is 23.5 Å². The zero-order chi connectivity index (χ0) is 30.9. The van der Waals surface area contributed by atoms with Crippen molar-refractivity contribution >= 4 is 29.2 Å². The van der Waals surface area contributed by atoms with E-state index in [1.165, 1.54) is 18.2 Å². The van der Waals surface area contributed by atoms with Gasteiger partial charge >= 0.3 is 11.7 Å². The maximum Gasteiger partial charge on any atom is 0.461 e. The first-order chi connectivity index (χ1) is 20.5. The SMILES string of the molecule is FC(F)(F)SNc1cccc(OCCCN(Cc2cccc(C(F)(F)F)c2Cl)CC(c2ccccc2)c2ccccc2)c1. The van der Waals surface area contributed by atoms with Crippen LogP contribution in [0.1, 0.15) is 34.6 Å². The van der Waals surface area contributed by atoms with Gasteiger partial charge in [-0.15, -0.1) is 0 Å². The van der Waals surface area contributed by atoms with E-state index in [0.717, 1.165) is 17.2 Å². The molecule has 0 aliphatic rings. The summed E-state index contributed by atoms with van der Waals surface area (Å²) in [4.78, 5) is 2.05. The second kappa shape index (κ2) is 14.9. The first-order valence-electron chi connectivity index (χ1n) is 13.4. The molecule has 0 aliphatic carbocycles. The fourth-order valence-electron chi connectivity index (χ4n) is 4.67. The molecule has 3 nitrogen and oxygen atoms in total. The number of nitrogens with one attached hydrogen (secondary N) is 1. The Kier molecular flexibility index (Phi) is 11.3. The van der Waals surface area contributed by atoms with Crippen molar-refractivity contribution in [2.24, 2.45) is 0 Å². The molecule has 0 amide bonds. The number of ether oxygens (including phenoxy) is 1. The van der Waals surface area contributed by atoms with Gasteiger partial charge in [0.2, 0.25) is 0 Å². The van der Waals surface area contributed by atoms with E-state index in [1.807, 2.05) is 65.6 Å². The smallest absolute Gasteiger partial charge is 0.461 e. The van der Waals surface area contributed by atoms with Crippen LogP contribution in [0, 0.1) is 0 Å². The number of rotatable bonds is 13. The third kappa shape index (κ3) is 10.1. The summed E-state index contributed by atoms with van der Waals surface area (Å²) in [5.74, 6) is 0.327. The number of alkyl halides is 6. The van der Waals surface area contributed by atoms with Gasteiger partial charge in [-0.05, 0) is 41.3 Å². The van der Waals surface area contributed by atoms with E-state index in [-0.39, 0.29) is 41.7 Å². The van der Waals surface area contributed by atoms with Gasteiger partial charge < -0.3 is 9.46 Å². The topological polar surface area (TPSA) is 24.5 Å². The van der Waals surface area contributed by atoms with E-state index in [1.54, 1.807) is 18.2 Å². The Labute approximate surface area is 256 Å². The van der Waals surface area contributed by atoms with E-state index in [2.05, 4.69) is 4.72 Å². The molecule has 0 saturated carbocycles. The van der Waals surface area contributed by atoms with Gasteiger partial charge in [-0.1, -0.05) is 90.5 Å². The molecule has 43 heavy (non-hydrogen) atoms. The molecule has 0 aliphatic heterocycles. The van der Waals surface area contributed by atoms with Crippen molar-refractivity contribution in [3.63, 3.8) is 0 Å². The summed E-state index contributed by atoms with van der Waals surface area (Å²) in [7, 11) is 0. The van der Waals surface area contributed by atoms with Gasteiger partial charge in [0, 0.05) is 37.3 Å². The van der Waals surface area contributed by atoms with Gasteiger partial charge in [0.25, 0.3) is 0 Å². The van der Waals surface area contributed by atoms with Crippen LogP contribution in [0.4, 0.5) is 32.0 Å². The number of hydrogen-bond acceptors (Lipinski definition) is 4. The molecule has 0 radical (unpaired) electrons. The quantitative estimate of drug-likeness (QED) is 0.0895. The highest BCUT2D eigenvalue weighted by Gasteiger charge is 2.34. The minimum Gasteiger partial charge on any atom is -0.493 e. The Hall–Kier alpha value is -3.34. The van der Waals surface area contributed by atoms with Gasteiger partial charge in [0.1, 0.15) is 5.75 Å². The molecule has 4 aromatic rings. The van der Waals surface area contributed by atoms with Crippen LogP contribution in [0.3, 0.4) is 0 Å². The average molecular weight is 639 g/mol. The molecule has 0 unspecified atom stereocenters. The molecule has 1 N–H and O–H groups in total.